The maximum atomic E-state index is 6.33. The third-order valence-corrected chi connectivity index (χ3v) is 4.59. The molecule has 1 aromatic rings. The lowest BCUT2D eigenvalue weighted by Gasteiger charge is -2.39. The number of nitrogens with one attached hydrogen (secondary N) is 1. The predicted octanol–water partition coefficient (Wildman–Crippen LogP) is 1.45. The van der Waals surface area contributed by atoms with Crippen LogP contribution in [-0.2, 0) is 6.54 Å². The lowest BCUT2D eigenvalue weighted by atomic mass is 10.0. The van der Waals surface area contributed by atoms with Crippen molar-refractivity contribution in [2.75, 3.05) is 40.8 Å². The minimum absolute atomic E-state index is 0.240. The first-order valence-corrected chi connectivity index (χ1v) is 7.71. The SMILES string of the molecule is CCn1ncc(Cl)c1C(CC1CN(C)CCN1C)NC. The number of rotatable bonds is 5. The van der Waals surface area contributed by atoms with Gasteiger partial charge in [0, 0.05) is 32.2 Å². The van der Waals surface area contributed by atoms with Crippen molar-refractivity contribution in [3.63, 3.8) is 0 Å². The van der Waals surface area contributed by atoms with Gasteiger partial charge in [-0.2, -0.15) is 5.10 Å². The van der Waals surface area contributed by atoms with E-state index in [1.54, 1.807) is 6.20 Å². The van der Waals surface area contributed by atoms with E-state index in [9.17, 15) is 0 Å². The Morgan fingerprint density at radius 1 is 1.45 bits per heavy atom. The molecule has 1 fully saturated rings. The van der Waals surface area contributed by atoms with Crippen LogP contribution in [0.25, 0.3) is 0 Å². The molecule has 5 nitrogen and oxygen atoms in total. The molecule has 2 rings (SSSR count). The molecular weight excluding hydrogens is 274 g/mol. The van der Waals surface area contributed by atoms with Crippen molar-refractivity contribution in [2.24, 2.45) is 0 Å². The summed E-state index contributed by atoms with van der Waals surface area (Å²) >= 11 is 6.33. The van der Waals surface area contributed by atoms with Crippen molar-refractivity contribution in [2.45, 2.75) is 32.0 Å². The number of nitrogens with zero attached hydrogens (tertiary/aromatic N) is 4. The first-order chi connectivity index (χ1) is 9.56. The first-order valence-electron chi connectivity index (χ1n) is 7.34. The van der Waals surface area contributed by atoms with Crippen LogP contribution in [0.3, 0.4) is 0 Å². The fourth-order valence-electron chi connectivity index (χ4n) is 2.96. The fourth-order valence-corrected chi connectivity index (χ4v) is 3.24. The fraction of sp³-hybridized carbons (Fsp3) is 0.786. The third kappa shape index (κ3) is 3.34. The van der Waals surface area contributed by atoms with E-state index < -0.39 is 0 Å². The van der Waals surface area contributed by atoms with Gasteiger partial charge in [0.1, 0.15) is 0 Å². The largest absolute Gasteiger partial charge is 0.312 e. The van der Waals surface area contributed by atoms with Crippen molar-refractivity contribution in [1.82, 2.24) is 24.9 Å². The van der Waals surface area contributed by atoms with Gasteiger partial charge in [0.15, 0.2) is 0 Å². The summed E-state index contributed by atoms with van der Waals surface area (Å²) in [6, 6.07) is 0.784. The van der Waals surface area contributed by atoms with E-state index in [2.05, 4.69) is 41.2 Å². The van der Waals surface area contributed by atoms with E-state index in [1.165, 1.54) is 0 Å². The normalized spacial score (nSPS) is 23.1. The molecule has 1 aliphatic rings. The summed E-state index contributed by atoms with van der Waals surface area (Å²) < 4.78 is 2.00. The Kier molecular flexibility index (Phi) is 5.43. The minimum Gasteiger partial charge on any atom is -0.312 e. The van der Waals surface area contributed by atoms with E-state index in [4.69, 9.17) is 11.6 Å². The Bertz CT molecular complexity index is 433. The topological polar surface area (TPSA) is 36.3 Å². The Labute approximate surface area is 126 Å². The zero-order valence-electron chi connectivity index (χ0n) is 12.9. The van der Waals surface area contributed by atoms with Crippen LogP contribution in [-0.4, -0.2) is 66.4 Å². The van der Waals surface area contributed by atoms with Crippen LogP contribution < -0.4 is 5.32 Å². The highest BCUT2D eigenvalue weighted by atomic mass is 35.5. The molecular formula is C14H26ClN5. The summed E-state index contributed by atoms with van der Waals surface area (Å²) in [5.41, 5.74) is 1.11. The van der Waals surface area contributed by atoms with Crippen molar-refractivity contribution in [3.8, 4) is 0 Å². The van der Waals surface area contributed by atoms with Crippen LogP contribution in [0.4, 0.5) is 0 Å². The van der Waals surface area contributed by atoms with E-state index in [0.29, 0.717) is 6.04 Å². The summed E-state index contributed by atoms with van der Waals surface area (Å²) in [6.45, 7) is 6.32. The zero-order chi connectivity index (χ0) is 14.7. The number of aromatic nitrogens is 2. The Balaban J connectivity index is 2.14. The molecule has 1 saturated heterocycles. The molecule has 0 aromatic carbocycles. The summed E-state index contributed by atoms with van der Waals surface area (Å²) in [6.07, 6.45) is 2.80. The number of hydrogen-bond donors (Lipinski definition) is 1. The van der Waals surface area contributed by atoms with Gasteiger partial charge in [0.25, 0.3) is 0 Å². The average Bonchev–Trinajstić information content (AvgIpc) is 2.81. The smallest absolute Gasteiger partial charge is 0.0834 e. The average molecular weight is 300 g/mol. The molecule has 114 valence electrons. The zero-order valence-corrected chi connectivity index (χ0v) is 13.7. The quantitative estimate of drug-likeness (QED) is 0.893. The molecule has 0 saturated carbocycles. The first kappa shape index (κ1) is 15.8. The molecule has 0 bridgehead atoms. The molecule has 0 aliphatic carbocycles. The van der Waals surface area contributed by atoms with Crippen LogP contribution in [0.15, 0.2) is 6.20 Å². The monoisotopic (exact) mass is 299 g/mol. The highest BCUT2D eigenvalue weighted by Gasteiger charge is 2.27. The van der Waals surface area contributed by atoms with Crippen molar-refractivity contribution in [1.29, 1.82) is 0 Å². The summed E-state index contributed by atoms with van der Waals surface area (Å²) in [4.78, 5) is 4.85. The molecule has 6 heteroatoms. The van der Waals surface area contributed by atoms with Gasteiger partial charge >= 0.3 is 0 Å². The summed E-state index contributed by atoms with van der Waals surface area (Å²) in [5, 5.41) is 8.53. The molecule has 1 N–H and O–H groups in total. The second-order valence-corrected chi connectivity index (χ2v) is 6.07. The van der Waals surface area contributed by atoms with E-state index >= 15 is 0 Å². The summed E-state index contributed by atoms with van der Waals surface area (Å²) in [5.74, 6) is 0. The van der Waals surface area contributed by atoms with Gasteiger partial charge in [-0.1, -0.05) is 11.6 Å². The van der Waals surface area contributed by atoms with Crippen LogP contribution in [0.1, 0.15) is 25.1 Å². The minimum atomic E-state index is 0.240. The molecule has 0 spiro atoms. The predicted molar refractivity (Wildman–Crippen MR) is 83.2 cm³/mol. The standard InChI is InChI=1S/C14H26ClN5/c1-5-20-14(12(15)9-17-20)13(16-2)8-11-10-18(3)6-7-19(11)4/h9,11,13,16H,5-8,10H2,1-4H3. The third-order valence-electron chi connectivity index (χ3n) is 4.30. The van der Waals surface area contributed by atoms with Gasteiger partial charge in [-0.15, -0.1) is 0 Å². The van der Waals surface area contributed by atoms with Crippen molar-refractivity contribution < 1.29 is 0 Å². The molecule has 1 aliphatic heterocycles. The van der Waals surface area contributed by atoms with Crippen LogP contribution in [0, 0.1) is 0 Å². The maximum Gasteiger partial charge on any atom is 0.0834 e. The molecule has 20 heavy (non-hydrogen) atoms. The van der Waals surface area contributed by atoms with Crippen LogP contribution >= 0.6 is 11.6 Å². The van der Waals surface area contributed by atoms with Gasteiger partial charge in [0.05, 0.1) is 23.0 Å². The summed E-state index contributed by atoms with van der Waals surface area (Å²) in [7, 11) is 6.40. The van der Waals surface area contributed by atoms with Crippen LogP contribution in [0.5, 0.6) is 0 Å². The van der Waals surface area contributed by atoms with Gasteiger partial charge in [-0.25, -0.2) is 0 Å². The van der Waals surface area contributed by atoms with Crippen LogP contribution in [0.2, 0.25) is 5.02 Å². The highest BCUT2D eigenvalue weighted by molar-refractivity contribution is 6.31. The van der Waals surface area contributed by atoms with Gasteiger partial charge in [-0.3, -0.25) is 4.68 Å². The Morgan fingerprint density at radius 2 is 2.20 bits per heavy atom. The Morgan fingerprint density at radius 3 is 2.85 bits per heavy atom. The van der Waals surface area contributed by atoms with E-state index in [1.807, 2.05) is 11.7 Å². The molecule has 1 aromatic heterocycles. The number of likely N-dealkylation sites (N-methyl/N-ethyl adjacent to an activating group) is 2. The molecule has 2 heterocycles. The highest BCUT2D eigenvalue weighted by Crippen LogP contribution is 2.27. The molecule has 0 radical (unpaired) electrons. The van der Waals surface area contributed by atoms with Gasteiger partial charge in [-0.05, 0) is 34.5 Å². The molecule has 2 atom stereocenters. The van der Waals surface area contributed by atoms with Crippen molar-refractivity contribution >= 4 is 11.6 Å². The lowest BCUT2D eigenvalue weighted by Crippen LogP contribution is -2.51. The number of piperazine rings is 1. The second-order valence-electron chi connectivity index (χ2n) is 5.67. The Hall–Kier alpha value is -0.620. The van der Waals surface area contributed by atoms with Gasteiger partial charge in [0.2, 0.25) is 0 Å². The number of hydrogen-bond acceptors (Lipinski definition) is 4. The van der Waals surface area contributed by atoms with E-state index in [0.717, 1.165) is 43.3 Å². The second kappa shape index (κ2) is 6.89. The molecule has 0 amide bonds. The number of aryl methyl sites for hydroxylation is 1. The number of halogens is 1. The lowest BCUT2D eigenvalue weighted by molar-refractivity contribution is 0.101. The molecule has 2 unspecified atom stereocenters. The van der Waals surface area contributed by atoms with Gasteiger partial charge < -0.3 is 15.1 Å². The maximum absolute atomic E-state index is 6.33. The van der Waals surface area contributed by atoms with Crippen molar-refractivity contribution in [3.05, 3.63) is 16.9 Å². The van der Waals surface area contributed by atoms with E-state index in [-0.39, 0.29) is 6.04 Å².